The number of nitrogen functional groups attached to an aromatic ring is 1. The van der Waals surface area contributed by atoms with Crippen LogP contribution in [0.5, 0.6) is 0 Å². The molecule has 0 saturated carbocycles. The van der Waals surface area contributed by atoms with E-state index in [-0.39, 0.29) is 0 Å². The summed E-state index contributed by atoms with van der Waals surface area (Å²) in [6.45, 7) is 2.82. The summed E-state index contributed by atoms with van der Waals surface area (Å²) in [5.41, 5.74) is 10.7. The van der Waals surface area contributed by atoms with Crippen molar-refractivity contribution in [3.8, 4) is 0 Å². The van der Waals surface area contributed by atoms with Crippen molar-refractivity contribution in [3.05, 3.63) is 53.6 Å². The number of benzene rings is 1. The highest BCUT2D eigenvalue weighted by Gasteiger charge is 2.18. The molecular weight excluding hydrogens is 224 g/mol. The van der Waals surface area contributed by atoms with Crippen LogP contribution in [0, 0.1) is 0 Å². The lowest BCUT2D eigenvalue weighted by atomic mass is 9.98. The molecule has 0 unspecified atom stereocenters. The van der Waals surface area contributed by atoms with Gasteiger partial charge in [0.1, 0.15) is 6.33 Å². The van der Waals surface area contributed by atoms with Crippen LogP contribution in [0.15, 0.2) is 36.8 Å². The fourth-order valence-corrected chi connectivity index (χ4v) is 2.44. The molecule has 3 rings (SSSR count). The maximum atomic E-state index is 6.04. The Hall–Kier alpha value is -1.94. The van der Waals surface area contributed by atoms with Crippen molar-refractivity contribution in [2.24, 2.45) is 0 Å². The van der Waals surface area contributed by atoms with Gasteiger partial charge in [0, 0.05) is 31.5 Å². The van der Waals surface area contributed by atoms with Gasteiger partial charge in [-0.1, -0.05) is 12.1 Å². The quantitative estimate of drug-likeness (QED) is 0.810. The molecule has 0 aliphatic carbocycles. The molecule has 0 fully saturated rings. The minimum Gasteiger partial charge on any atom is -0.398 e. The van der Waals surface area contributed by atoms with E-state index in [2.05, 4.69) is 20.9 Å². The molecule has 18 heavy (non-hydrogen) atoms. The molecule has 0 amide bonds. The summed E-state index contributed by atoms with van der Waals surface area (Å²) in [5.74, 6) is 0. The zero-order valence-corrected chi connectivity index (χ0v) is 10.2. The number of hydrogen-bond acceptors (Lipinski definition) is 4. The molecule has 2 N–H and O–H groups in total. The fraction of sp³-hybridized carbons (Fsp3) is 0.286. The molecule has 92 valence electrons. The van der Waals surface area contributed by atoms with Crippen LogP contribution < -0.4 is 5.73 Å². The van der Waals surface area contributed by atoms with Crippen molar-refractivity contribution in [2.45, 2.75) is 19.5 Å². The maximum absolute atomic E-state index is 6.04. The van der Waals surface area contributed by atoms with Gasteiger partial charge >= 0.3 is 0 Å². The van der Waals surface area contributed by atoms with Crippen molar-refractivity contribution in [1.82, 2.24) is 14.9 Å². The first-order valence-corrected chi connectivity index (χ1v) is 6.16. The molecule has 0 spiro atoms. The zero-order valence-electron chi connectivity index (χ0n) is 10.2. The summed E-state index contributed by atoms with van der Waals surface area (Å²) in [7, 11) is 0. The third kappa shape index (κ3) is 2.19. The number of hydrogen-bond donors (Lipinski definition) is 1. The lowest BCUT2D eigenvalue weighted by Crippen LogP contribution is -2.30. The molecule has 2 heterocycles. The van der Waals surface area contributed by atoms with E-state index in [9.17, 15) is 0 Å². The Bertz CT molecular complexity index is 539. The van der Waals surface area contributed by atoms with E-state index in [1.807, 2.05) is 18.2 Å². The van der Waals surface area contributed by atoms with E-state index < -0.39 is 0 Å². The Morgan fingerprint density at radius 3 is 3.06 bits per heavy atom. The Balaban J connectivity index is 1.77. The largest absolute Gasteiger partial charge is 0.398 e. The van der Waals surface area contributed by atoms with Gasteiger partial charge in [0.25, 0.3) is 0 Å². The van der Waals surface area contributed by atoms with E-state index in [4.69, 9.17) is 5.73 Å². The summed E-state index contributed by atoms with van der Waals surface area (Å²) in [4.78, 5) is 10.6. The molecule has 0 atom stereocenters. The predicted molar refractivity (Wildman–Crippen MR) is 70.7 cm³/mol. The smallest absolute Gasteiger partial charge is 0.115 e. The number of nitrogens with two attached hydrogens (primary N) is 1. The second kappa shape index (κ2) is 4.74. The van der Waals surface area contributed by atoms with Crippen LogP contribution in [0.1, 0.15) is 16.8 Å². The average Bonchev–Trinajstić information content (AvgIpc) is 2.41. The Labute approximate surface area is 106 Å². The van der Waals surface area contributed by atoms with E-state index in [0.717, 1.165) is 37.4 Å². The standard InChI is InChI=1S/C14H16N4/c15-14-3-1-2-11-5-7-18(9-13(11)14)8-12-4-6-16-10-17-12/h1-4,6,10H,5,7-9,15H2. The zero-order chi connectivity index (χ0) is 12.4. The van der Waals surface area contributed by atoms with Crippen molar-refractivity contribution < 1.29 is 0 Å². The summed E-state index contributed by atoms with van der Waals surface area (Å²) >= 11 is 0. The molecule has 4 heteroatoms. The highest BCUT2D eigenvalue weighted by Crippen LogP contribution is 2.24. The maximum Gasteiger partial charge on any atom is 0.115 e. The van der Waals surface area contributed by atoms with Crippen LogP contribution in [0.2, 0.25) is 0 Å². The number of anilines is 1. The Kier molecular flexibility index (Phi) is 2.94. The minimum atomic E-state index is 0.857. The van der Waals surface area contributed by atoms with Crippen molar-refractivity contribution in [2.75, 3.05) is 12.3 Å². The lowest BCUT2D eigenvalue weighted by Gasteiger charge is -2.29. The molecule has 0 bridgehead atoms. The van der Waals surface area contributed by atoms with Crippen LogP contribution in [0.3, 0.4) is 0 Å². The molecule has 4 nitrogen and oxygen atoms in total. The second-order valence-corrected chi connectivity index (χ2v) is 4.65. The minimum absolute atomic E-state index is 0.857. The van der Waals surface area contributed by atoms with E-state index in [1.54, 1.807) is 12.5 Å². The van der Waals surface area contributed by atoms with Gasteiger partial charge in [0.2, 0.25) is 0 Å². The van der Waals surface area contributed by atoms with E-state index in [0.29, 0.717) is 0 Å². The number of rotatable bonds is 2. The molecule has 0 radical (unpaired) electrons. The molecular formula is C14H16N4. The molecule has 0 saturated heterocycles. The van der Waals surface area contributed by atoms with Crippen LogP contribution in [-0.4, -0.2) is 21.4 Å². The van der Waals surface area contributed by atoms with Gasteiger partial charge < -0.3 is 5.73 Å². The highest BCUT2D eigenvalue weighted by atomic mass is 15.1. The Morgan fingerprint density at radius 2 is 2.22 bits per heavy atom. The van der Waals surface area contributed by atoms with Gasteiger partial charge in [-0.3, -0.25) is 4.90 Å². The first kappa shape index (κ1) is 11.2. The van der Waals surface area contributed by atoms with Crippen LogP contribution in [0.4, 0.5) is 5.69 Å². The molecule has 1 aromatic carbocycles. The topological polar surface area (TPSA) is 55.0 Å². The first-order chi connectivity index (χ1) is 8.83. The highest BCUT2D eigenvalue weighted by molar-refractivity contribution is 5.51. The van der Waals surface area contributed by atoms with Gasteiger partial charge in [-0.25, -0.2) is 9.97 Å². The Morgan fingerprint density at radius 1 is 1.28 bits per heavy atom. The van der Waals surface area contributed by atoms with Gasteiger partial charge in [0.05, 0.1) is 5.69 Å². The number of nitrogens with zero attached hydrogens (tertiary/aromatic N) is 3. The SMILES string of the molecule is Nc1cccc2c1CN(Cc1ccncn1)CC2. The molecule has 2 aromatic rings. The van der Waals surface area contributed by atoms with Gasteiger partial charge in [-0.2, -0.15) is 0 Å². The molecule has 1 aromatic heterocycles. The van der Waals surface area contributed by atoms with Gasteiger partial charge in [0.15, 0.2) is 0 Å². The summed E-state index contributed by atoms with van der Waals surface area (Å²) in [5, 5.41) is 0. The van der Waals surface area contributed by atoms with Gasteiger partial charge in [-0.05, 0) is 29.7 Å². The van der Waals surface area contributed by atoms with E-state index in [1.165, 1.54) is 11.1 Å². The van der Waals surface area contributed by atoms with Crippen molar-refractivity contribution in [1.29, 1.82) is 0 Å². The summed E-state index contributed by atoms with van der Waals surface area (Å²) in [6.07, 6.45) is 4.45. The molecule has 1 aliphatic rings. The summed E-state index contributed by atoms with van der Waals surface area (Å²) in [6, 6.07) is 8.15. The lowest BCUT2D eigenvalue weighted by molar-refractivity contribution is 0.243. The van der Waals surface area contributed by atoms with Crippen molar-refractivity contribution in [3.63, 3.8) is 0 Å². The normalized spacial score (nSPS) is 15.3. The third-order valence-electron chi connectivity index (χ3n) is 3.42. The van der Waals surface area contributed by atoms with Gasteiger partial charge in [-0.15, -0.1) is 0 Å². The molecule has 1 aliphatic heterocycles. The summed E-state index contributed by atoms with van der Waals surface area (Å²) < 4.78 is 0. The predicted octanol–water partition coefficient (Wildman–Crippen LogP) is 1.62. The first-order valence-electron chi connectivity index (χ1n) is 6.16. The average molecular weight is 240 g/mol. The second-order valence-electron chi connectivity index (χ2n) is 4.65. The monoisotopic (exact) mass is 240 g/mol. The number of fused-ring (bicyclic) bond motifs is 1. The van der Waals surface area contributed by atoms with Crippen LogP contribution in [0.25, 0.3) is 0 Å². The number of aromatic nitrogens is 2. The van der Waals surface area contributed by atoms with Crippen molar-refractivity contribution >= 4 is 5.69 Å². The van der Waals surface area contributed by atoms with E-state index >= 15 is 0 Å². The fourth-order valence-electron chi connectivity index (χ4n) is 2.44. The third-order valence-corrected chi connectivity index (χ3v) is 3.42. The van der Waals surface area contributed by atoms with Crippen LogP contribution >= 0.6 is 0 Å². The van der Waals surface area contributed by atoms with Crippen LogP contribution in [-0.2, 0) is 19.5 Å².